The molecule has 0 atom stereocenters. The lowest BCUT2D eigenvalue weighted by Crippen LogP contribution is -2.41. The molecule has 1 N–H and O–H groups in total. The van der Waals surface area contributed by atoms with Crippen molar-refractivity contribution in [1.29, 1.82) is 0 Å². The first-order valence-corrected chi connectivity index (χ1v) is 6.38. The van der Waals surface area contributed by atoms with E-state index in [0.717, 1.165) is 18.9 Å². The molecule has 0 radical (unpaired) electrons. The van der Waals surface area contributed by atoms with Crippen LogP contribution in [0, 0.1) is 22.5 Å². The molecule has 2 rings (SSSR count). The van der Waals surface area contributed by atoms with Gasteiger partial charge in [0.15, 0.2) is 0 Å². The molecule has 0 bridgehead atoms. The van der Waals surface area contributed by atoms with E-state index in [1.807, 2.05) is 0 Å². The minimum Gasteiger partial charge on any atom is -0.324 e. The van der Waals surface area contributed by atoms with Gasteiger partial charge in [-0.2, -0.15) is 0 Å². The second kappa shape index (κ2) is 6.05. The van der Waals surface area contributed by atoms with Crippen molar-refractivity contribution < 1.29 is 14.5 Å². The Labute approximate surface area is 121 Å². The minimum absolute atomic E-state index is 0.0215. The van der Waals surface area contributed by atoms with Crippen molar-refractivity contribution in [2.75, 3.05) is 13.1 Å². The van der Waals surface area contributed by atoms with Crippen LogP contribution in [0.15, 0.2) is 18.2 Å². The number of carbonyl (C=O) groups excluding carboxylic acids is 2. The highest BCUT2D eigenvalue weighted by Gasteiger charge is 2.22. The first-order chi connectivity index (χ1) is 10.0. The first kappa shape index (κ1) is 14.5. The number of nitrogens with one attached hydrogen (secondary N) is 1. The monoisotopic (exact) mass is 287 g/mol. The summed E-state index contributed by atoms with van der Waals surface area (Å²) in [5.74, 6) is 1.50. The number of hydrogen-bond donors (Lipinski definition) is 1. The largest absolute Gasteiger partial charge is 0.324 e. The Balaban J connectivity index is 2.16. The molecule has 0 aromatic heterocycles. The normalized spacial score (nSPS) is 13.6. The van der Waals surface area contributed by atoms with Gasteiger partial charge in [0.25, 0.3) is 11.6 Å². The van der Waals surface area contributed by atoms with Gasteiger partial charge in [0, 0.05) is 24.7 Å². The lowest BCUT2D eigenvalue weighted by atomic mass is 10.1. The first-order valence-electron chi connectivity index (χ1n) is 6.38. The smallest absolute Gasteiger partial charge is 0.324 e. The van der Waals surface area contributed by atoms with E-state index in [-0.39, 0.29) is 16.8 Å². The van der Waals surface area contributed by atoms with Crippen molar-refractivity contribution in [1.82, 2.24) is 10.2 Å². The number of amides is 3. The second-order valence-corrected chi connectivity index (χ2v) is 4.59. The van der Waals surface area contributed by atoms with E-state index in [9.17, 15) is 19.7 Å². The van der Waals surface area contributed by atoms with Crippen LogP contribution >= 0.6 is 0 Å². The van der Waals surface area contributed by atoms with E-state index in [2.05, 4.69) is 11.2 Å². The molecule has 7 nitrogen and oxygen atoms in total. The van der Waals surface area contributed by atoms with Crippen molar-refractivity contribution in [3.63, 3.8) is 0 Å². The van der Waals surface area contributed by atoms with E-state index in [4.69, 9.17) is 6.42 Å². The van der Waals surface area contributed by atoms with Gasteiger partial charge in [-0.15, -0.1) is 6.42 Å². The maximum absolute atomic E-state index is 12.0. The Hall–Kier alpha value is -2.88. The summed E-state index contributed by atoms with van der Waals surface area (Å²) >= 11 is 0. The van der Waals surface area contributed by atoms with Crippen molar-refractivity contribution in [2.45, 2.75) is 12.8 Å². The topological polar surface area (TPSA) is 92.6 Å². The molecule has 1 aliphatic heterocycles. The van der Waals surface area contributed by atoms with Crippen LogP contribution in [0.1, 0.15) is 28.8 Å². The number of imide groups is 1. The summed E-state index contributed by atoms with van der Waals surface area (Å²) in [6, 6.07) is 3.26. The third kappa shape index (κ3) is 3.17. The standard InChI is InChI=1S/C14H13N3O4/c1-2-10-5-6-11(9-12(10)17(20)21)13(18)15-14(19)16-7-3-4-8-16/h1,5-6,9H,3-4,7-8H2,(H,15,18,19). The Morgan fingerprint density at radius 1 is 1.33 bits per heavy atom. The van der Waals surface area contributed by atoms with Crippen molar-refractivity contribution >= 4 is 17.6 Å². The van der Waals surface area contributed by atoms with Crippen LogP contribution in [-0.2, 0) is 0 Å². The molecule has 1 aromatic carbocycles. The Bertz CT molecular complexity index is 642. The average molecular weight is 287 g/mol. The number of nitro groups is 1. The van der Waals surface area contributed by atoms with Crippen LogP contribution in [0.2, 0.25) is 0 Å². The number of urea groups is 1. The number of terminal acetylenes is 1. The van der Waals surface area contributed by atoms with Crippen molar-refractivity contribution in [2.24, 2.45) is 0 Å². The fraction of sp³-hybridized carbons (Fsp3) is 0.286. The third-order valence-corrected chi connectivity index (χ3v) is 3.23. The van der Waals surface area contributed by atoms with Gasteiger partial charge >= 0.3 is 6.03 Å². The Kier molecular flexibility index (Phi) is 4.18. The lowest BCUT2D eigenvalue weighted by molar-refractivity contribution is -0.385. The Morgan fingerprint density at radius 3 is 2.57 bits per heavy atom. The van der Waals surface area contributed by atoms with E-state index in [0.29, 0.717) is 13.1 Å². The van der Waals surface area contributed by atoms with E-state index in [1.165, 1.54) is 17.0 Å². The highest BCUT2D eigenvalue weighted by atomic mass is 16.6. The molecule has 0 unspecified atom stereocenters. The van der Waals surface area contributed by atoms with Crippen LogP contribution < -0.4 is 5.32 Å². The molecule has 0 spiro atoms. The molecule has 21 heavy (non-hydrogen) atoms. The zero-order valence-electron chi connectivity index (χ0n) is 11.2. The van der Waals surface area contributed by atoms with E-state index < -0.39 is 16.9 Å². The number of hydrogen-bond acceptors (Lipinski definition) is 4. The van der Waals surface area contributed by atoms with Gasteiger partial charge in [0.2, 0.25) is 0 Å². The average Bonchev–Trinajstić information content (AvgIpc) is 3.00. The summed E-state index contributed by atoms with van der Waals surface area (Å²) in [4.78, 5) is 35.5. The van der Waals surface area contributed by atoms with Gasteiger partial charge < -0.3 is 4.90 Å². The predicted molar refractivity (Wildman–Crippen MR) is 74.7 cm³/mol. The predicted octanol–water partition coefficient (Wildman–Crippen LogP) is 1.52. The van der Waals surface area contributed by atoms with Crippen LogP contribution in [-0.4, -0.2) is 34.9 Å². The molecule has 108 valence electrons. The van der Waals surface area contributed by atoms with E-state index >= 15 is 0 Å². The number of carbonyl (C=O) groups is 2. The molecule has 1 fully saturated rings. The molecular formula is C14H13N3O4. The molecule has 0 saturated carbocycles. The van der Waals surface area contributed by atoms with Gasteiger partial charge in [-0.05, 0) is 25.0 Å². The van der Waals surface area contributed by atoms with Crippen molar-refractivity contribution in [3.05, 3.63) is 39.4 Å². The molecule has 1 saturated heterocycles. The number of nitrogens with zero attached hydrogens (tertiary/aromatic N) is 2. The van der Waals surface area contributed by atoms with Gasteiger partial charge in [0.1, 0.15) is 5.56 Å². The minimum atomic E-state index is -0.682. The summed E-state index contributed by atoms with van der Waals surface area (Å²) in [7, 11) is 0. The van der Waals surface area contributed by atoms with Crippen LogP contribution in [0.4, 0.5) is 10.5 Å². The molecule has 1 aliphatic rings. The summed E-state index contributed by atoms with van der Waals surface area (Å²) in [6.07, 6.45) is 6.98. The summed E-state index contributed by atoms with van der Waals surface area (Å²) in [5, 5.41) is 13.1. The summed E-state index contributed by atoms with van der Waals surface area (Å²) in [6.45, 7) is 1.21. The molecule has 0 aliphatic carbocycles. The maximum Gasteiger partial charge on any atom is 0.324 e. The van der Waals surface area contributed by atoms with Crippen LogP contribution in [0.5, 0.6) is 0 Å². The van der Waals surface area contributed by atoms with Crippen LogP contribution in [0.25, 0.3) is 0 Å². The van der Waals surface area contributed by atoms with Gasteiger partial charge in [-0.1, -0.05) is 5.92 Å². The van der Waals surface area contributed by atoms with Gasteiger partial charge in [-0.3, -0.25) is 20.2 Å². The quantitative estimate of drug-likeness (QED) is 0.507. The lowest BCUT2D eigenvalue weighted by Gasteiger charge is -2.15. The second-order valence-electron chi connectivity index (χ2n) is 4.59. The van der Waals surface area contributed by atoms with E-state index in [1.54, 1.807) is 0 Å². The maximum atomic E-state index is 12.0. The highest BCUT2D eigenvalue weighted by Crippen LogP contribution is 2.19. The zero-order valence-corrected chi connectivity index (χ0v) is 11.2. The SMILES string of the molecule is C#Cc1ccc(C(=O)NC(=O)N2CCCC2)cc1[N+](=O)[O-]. The number of likely N-dealkylation sites (tertiary alicyclic amines) is 1. The fourth-order valence-corrected chi connectivity index (χ4v) is 2.11. The number of nitro benzene ring substituents is 1. The number of benzene rings is 1. The fourth-order valence-electron chi connectivity index (χ4n) is 2.11. The molecule has 3 amide bonds. The molecular weight excluding hydrogens is 274 g/mol. The third-order valence-electron chi connectivity index (χ3n) is 3.23. The molecule has 7 heteroatoms. The zero-order chi connectivity index (χ0) is 15.4. The van der Waals surface area contributed by atoms with Crippen molar-refractivity contribution in [3.8, 4) is 12.3 Å². The number of rotatable bonds is 2. The van der Waals surface area contributed by atoms with Gasteiger partial charge in [0.05, 0.1) is 4.92 Å². The van der Waals surface area contributed by atoms with Gasteiger partial charge in [-0.25, -0.2) is 4.79 Å². The Morgan fingerprint density at radius 2 is 2.00 bits per heavy atom. The molecule has 1 aromatic rings. The van der Waals surface area contributed by atoms with Crippen LogP contribution in [0.3, 0.4) is 0 Å². The summed E-state index contributed by atoms with van der Waals surface area (Å²) in [5.41, 5.74) is -0.227. The molecule has 1 heterocycles. The highest BCUT2D eigenvalue weighted by molar-refractivity contribution is 6.04. The summed E-state index contributed by atoms with van der Waals surface area (Å²) < 4.78 is 0.